The van der Waals surface area contributed by atoms with Gasteiger partial charge in [0, 0.05) is 12.7 Å². The first kappa shape index (κ1) is 26.2. The Labute approximate surface area is 229 Å². The molecule has 196 valence electrons. The van der Waals surface area contributed by atoms with Crippen molar-refractivity contribution in [1.29, 1.82) is 0 Å². The van der Waals surface area contributed by atoms with Gasteiger partial charge >= 0.3 is 0 Å². The van der Waals surface area contributed by atoms with Crippen LogP contribution in [0.25, 0.3) is 10.6 Å². The Morgan fingerprint density at radius 1 is 1.11 bits per heavy atom. The Hall–Kier alpha value is -2.41. The lowest BCUT2D eigenvalue weighted by molar-refractivity contribution is 0.0952. The van der Waals surface area contributed by atoms with E-state index in [1.165, 1.54) is 65.9 Å². The summed E-state index contributed by atoms with van der Waals surface area (Å²) in [5.74, 6) is 1.70. The average Bonchev–Trinajstić information content (AvgIpc) is 3.38. The number of likely N-dealkylation sites (tertiary alicyclic amines) is 1. The van der Waals surface area contributed by atoms with Crippen molar-refractivity contribution in [1.82, 2.24) is 15.2 Å². The normalized spacial score (nSPS) is 16.4. The van der Waals surface area contributed by atoms with Crippen molar-refractivity contribution in [2.75, 3.05) is 33.3 Å². The van der Waals surface area contributed by atoms with Gasteiger partial charge in [-0.05, 0) is 118 Å². The van der Waals surface area contributed by atoms with Gasteiger partial charge in [0.25, 0.3) is 5.91 Å². The molecular weight excluding hydrogens is 502 g/mol. The third-order valence-electron chi connectivity index (χ3n) is 7.78. The summed E-state index contributed by atoms with van der Waals surface area (Å²) >= 11 is 7.49. The number of amides is 1. The number of methoxy groups -OCH3 is 1. The third kappa shape index (κ3) is 6.36. The van der Waals surface area contributed by atoms with Gasteiger partial charge in [-0.15, -0.1) is 11.3 Å². The Bertz CT molecular complexity index is 1200. The van der Waals surface area contributed by atoms with Crippen LogP contribution in [0.15, 0.2) is 42.6 Å². The van der Waals surface area contributed by atoms with Crippen LogP contribution in [-0.2, 0) is 12.8 Å². The van der Waals surface area contributed by atoms with E-state index in [9.17, 15) is 4.79 Å². The number of benzene rings is 1. The highest BCUT2D eigenvalue weighted by Crippen LogP contribution is 2.40. The molecule has 0 bridgehead atoms. The van der Waals surface area contributed by atoms with E-state index in [1.807, 2.05) is 31.4 Å². The maximum absolute atomic E-state index is 12.5. The van der Waals surface area contributed by atoms with Crippen molar-refractivity contribution >= 4 is 28.8 Å². The molecule has 5 nitrogen and oxygen atoms in total. The van der Waals surface area contributed by atoms with Crippen LogP contribution in [0.1, 0.15) is 71.5 Å². The van der Waals surface area contributed by atoms with E-state index >= 15 is 0 Å². The molecule has 1 N–H and O–H groups in total. The molecule has 0 spiro atoms. The Morgan fingerprint density at radius 2 is 1.95 bits per heavy atom. The van der Waals surface area contributed by atoms with Crippen LogP contribution in [0.4, 0.5) is 0 Å². The fraction of sp³-hybridized carbons (Fsp3) is 0.467. The van der Waals surface area contributed by atoms with Gasteiger partial charge in [0.2, 0.25) is 0 Å². The maximum atomic E-state index is 12.5. The highest BCUT2D eigenvalue weighted by atomic mass is 35.5. The minimum absolute atomic E-state index is 0.0666. The largest absolute Gasteiger partial charge is 0.496 e. The smallest absolute Gasteiger partial charge is 0.252 e. The lowest BCUT2D eigenvalue weighted by atomic mass is 9.83. The van der Waals surface area contributed by atoms with Crippen LogP contribution >= 0.6 is 22.9 Å². The lowest BCUT2D eigenvalue weighted by Crippen LogP contribution is -2.34. The van der Waals surface area contributed by atoms with Gasteiger partial charge in [-0.1, -0.05) is 23.7 Å². The van der Waals surface area contributed by atoms with Crippen molar-refractivity contribution in [3.05, 3.63) is 69.2 Å². The molecule has 2 aliphatic rings. The Morgan fingerprint density at radius 3 is 2.68 bits per heavy atom. The summed E-state index contributed by atoms with van der Waals surface area (Å²) in [4.78, 5) is 20.5. The average molecular weight is 538 g/mol. The molecule has 5 rings (SSSR count). The van der Waals surface area contributed by atoms with E-state index < -0.39 is 0 Å². The van der Waals surface area contributed by atoms with E-state index in [-0.39, 0.29) is 5.91 Å². The molecule has 1 fully saturated rings. The van der Waals surface area contributed by atoms with Crippen molar-refractivity contribution in [2.24, 2.45) is 0 Å². The standard InChI is InChI=1S/C30H36ClN3O2S/c1-36-29-24-7-3-2-6-21(24)8-10-25(29)22-14-18-34(19-15-22)17-5-4-16-32-30(35)23-9-11-26(33-20-23)27-12-13-28(31)37-27/h8-13,20,22H,2-7,14-19H2,1H3,(H,32,35). The summed E-state index contributed by atoms with van der Waals surface area (Å²) < 4.78 is 6.67. The molecule has 2 aromatic heterocycles. The van der Waals surface area contributed by atoms with E-state index in [0.29, 0.717) is 18.0 Å². The summed E-state index contributed by atoms with van der Waals surface area (Å²) in [5, 5.41) is 3.04. The van der Waals surface area contributed by atoms with E-state index in [0.717, 1.165) is 53.8 Å². The number of rotatable bonds is 9. The first-order valence-electron chi connectivity index (χ1n) is 13.5. The van der Waals surface area contributed by atoms with Gasteiger partial charge in [-0.2, -0.15) is 0 Å². The number of nitrogens with zero attached hydrogens (tertiary/aromatic N) is 2. The summed E-state index contributed by atoms with van der Waals surface area (Å²) in [7, 11) is 1.84. The van der Waals surface area contributed by atoms with Crippen LogP contribution in [0.3, 0.4) is 0 Å². The molecule has 1 saturated heterocycles. The number of halogens is 1. The molecule has 0 saturated carbocycles. The number of piperidine rings is 1. The van der Waals surface area contributed by atoms with Gasteiger partial charge in [0.05, 0.1) is 27.6 Å². The number of aromatic nitrogens is 1. The zero-order valence-electron chi connectivity index (χ0n) is 21.6. The van der Waals surface area contributed by atoms with Crippen LogP contribution in [-0.4, -0.2) is 49.1 Å². The number of thiophene rings is 1. The molecule has 1 aliphatic heterocycles. The SMILES string of the molecule is COc1c(C2CCN(CCCCNC(=O)c3ccc(-c4ccc(Cl)s4)nc3)CC2)ccc2c1CCCC2. The van der Waals surface area contributed by atoms with Crippen LogP contribution in [0.5, 0.6) is 5.75 Å². The molecule has 0 radical (unpaired) electrons. The number of carbonyl (C=O) groups is 1. The van der Waals surface area contributed by atoms with E-state index in [1.54, 1.807) is 6.20 Å². The molecule has 37 heavy (non-hydrogen) atoms. The van der Waals surface area contributed by atoms with Gasteiger partial charge in [-0.3, -0.25) is 9.78 Å². The molecule has 1 aromatic carbocycles. The van der Waals surface area contributed by atoms with E-state index in [4.69, 9.17) is 16.3 Å². The number of carbonyl (C=O) groups excluding carboxylic acids is 1. The second-order valence-electron chi connectivity index (χ2n) is 10.1. The molecule has 0 unspecified atom stereocenters. The molecule has 1 aliphatic carbocycles. The fourth-order valence-corrected chi connectivity index (χ4v) is 6.75. The second kappa shape index (κ2) is 12.4. The van der Waals surface area contributed by atoms with Crippen molar-refractivity contribution < 1.29 is 9.53 Å². The van der Waals surface area contributed by atoms with E-state index in [2.05, 4.69) is 27.3 Å². The quantitative estimate of drug-likeness (QED) is 0.307. The first-order valence-corrected chi connectivity index (χ1v) is 14.7. The van der Waals surface area contributed by atoms with Gasteiger partial charge < -0.3 is 15.0 Å². The zero-order chi connectivity index (χ0) is 25.6. The Balaban J connectivity index is 1.02. The van der Waals surface area contributed by atoms with Crippen LogP contribution in [0, 0.1) is 0 Å². The highest BCUT2D eigenvalue weighted by Gasteiger charge is 2.26. The minimum atomic E-state index is -0.0666. The number of pyridine rings is 1. The molecule has 7 heteroatoms. The number of nitrogens with one attached hydrogen (secondary N) is 1. The second-order valence-corrected chi connectivity index (χ2v) is 11.9. The van der Waals surface area contributed by atoms with Crippen molar-refractivity contribution in [2.45, 2.75) is 57.3 Å². The summed E-state index contributed by atoms with van der Waals surface area (Å²) in [5.41, 5.74) is 5.81. The molecular formula is C30H36ClN3O2S. The number of hydrogen-bond acceptors (Lipinski definition) is 5. The third-order valence-corrected chi connectivity index (χ3v) is 9.03. The summed E-state index contributed by atoms with van der Waals surface area (Å²) in [6.07, 6.45) is 11.0. The number of fused-ring (bicyclic) bond motifs is 1. The van der Waals surface area contributed by atoms with Crippen molar-refractivity contribution in [3.8, 4) is 16.3 Å². The molecule has 3 heterocycles. The van der Waals surface area contributed by atoms with Gasteiger partial charge in [0.15, 0.2) is 0 Å². The predicted molar refractivity (Wildman–Crippen MR) is 152 cm³/mol. The molecule has 3 aromatic rings. The topological polar surface area (TPSA) is 54.5 Å². The number of hydrogen-bond donors (Lipinski definition) is 1. The molecule has 1 amide bonds. The zero-order valence-corrected chi connectivity index (χ0v) is 23.2. The molecule has 0 atom stereocenters. The highest BCUT2D eigenvalue weighted by molar-refractivity contribution is 7.19. The monoisotopic (exact) mass is 537 g/mol. The number of unbranched alkanes of at least 4 members (excludes halogenated alkanes) is 1. The number of ether oxygens (including phenoxy) is 1. The first-order chi connectivity index (χ1) is 18.1. The van der Waals surface area contributed by atoms with Gasteiger partial charge in [-0.25, -0.2) is 0 Å². The summed E-state index contributed by atoms with van der Waals surface area (Å²) in [6.45, 7) is 4.03. The van der Waals surface area contributed by atoms with Crippen molar-refractivity contribution in [3.63, 3.8) is 0 Å². The minimum Gasteiger partial charge on any atom is -0.496 e. The summed E-state index contributed by atoms with van der Waals surface area (Å²) in [6, 6.07) is 12.2. The fourth-order valence-electron chi connectivity index (χ4n) is 5.73. The van der Waals surface area contributed by atoms with Gasteiger partial charge in [0.1, 0.15) is 5.75 Å². The van der Waals surface area contributed by atoms with Crippen LogP contribution in [0.2, 0.25) is 4.34 Å². The maximum Gasteiger partial charge on any atom is 0.252 e. The Kier molecular flexibility index (Phi) is 8.80. The lowest BCUT2D eigenvalue weighted by Gasteiger charge is -2.33. The van der Waals surface area contributed by atoms with Crippen LogP contribution < -0.4 is 10.1 Å². The predicted octanol–water partition coefficient (Wildman–Crippen LogP) is 6.74. The number of aryl methyl sites for hydroxylation is 1.